The molecular formula is C24H31ClN2O2S. The van der Waals surface area contributed by atoms with Crippen LogP contribution in [-0.2, 0) is 21.9 Å². The van der Waals surface area contributed by atoms with E-state index >= 15 is 0 Å². The molecule has 30 heavy (non-hydrogen) atoms. The number of nitrogens with one attached hydrogen (secondary N) is 1. The first-order valence-electron chi connectivity index (χ1n) is 10.2. The van der Waals surface area contributed by atoms with Gasteiger partial charge < -0.3 is 10.2 Å². The summed E-state index contributed by atoms with van der Waals surface area (Å²) in [6, 6.07) is 16.9. The molecule has 0 aliphatic carbocycles. The molecule has 0 saturated carbocycles. The second kappa shape index (κ2) is 11.4. The van der Waals surface area contributed by atoms with E-state index in [1.165, 1.54) is 11.8 Å². The van der Waals surface area contributed by atoms with E-state index in [4.69, 9.17) is 11.6 Å². The first kappa shape index (κ1) is 24.3. The quantitative estimate of drug-likeness (QED) is 0.568. The third-order valence-corrected chi connectivity index (χ3v) is 5.86. The van der Waals surface area contributed by atoms with Gasteiger partial charge in [0.05, 0.1) is 5.75 Å². The molecule has 0 unspecified atom stereocenters. The Labute approximate surface area is 189 Å². The van der Waals surface area contributed by atoms with Crippen LogP contribution in [-0.4, -0.2) is 34.0 Å². The third kappa shape index (κ3) is 7.69. The van der Waals surface area contributed by atoms with Crippen LogP contribution in [0, 0.1) is 0 Å². The number of nitrogens with zero attached hydrogens (tertiary/aromatic N) is 1. The normalized spacial score (nSPS) is 12.3. The molecule has 0 spiro atoms. The van der Waals surface area contributed by atoms with Crippen LogP contribution in [0.3, 0.4) is 0 Å². The number of carbonyl (C=O) groups is 2. The second-order valence-electron chi connectivity index (χ2n) is 8.25. The Kier molecular flexibility index (Phi) is 9.25. The van der Waals surface area contributed by atoms with E-state index in [2.05, 4.69) is 5.32 Å². The summed E-state index contributed by atoms with van der Waals surface area (Å²) in [6.07, 6.45) is 0.551. The van der Waals surface area contributed by atoms with Gasteiger partial charge in [0.15, 0.2) is 0 Å². The fourth-order valence-electron chi connectivity index (χ4n) is 3.10. The molecule has 1 N–H and O–H groups in total. The number of carbonyl (C=O) groups excluding carboxylic acids is 2. The van der Waals surface area contributed by atoms with Crippen LogP contribution in [0.1, 0.15) is 45.2 Å². The summed E-state index contributed by atoms with van der Waals surface area (Å²) in [5, 5.41) is 3.73. The zero-order valence-corrected chi connectivity index (χ0v) is 19.7. The van der Waals surface area contributed by atoms with Crippen molar-refractivity contribution in [2.75, 3.05) is 5.75 Å². The smallest absolute Gasteiger partial charge is 0.243 e. The van der Waals surface area contributed by atoms with Gasteiger partial charge in [0.2, 0.25) is 11.8 Å². The van der Waals surface area contributed by atoms with Crippen molar-refractivity contribution in [2.24, 2.45) is 0 Å². The van der Waals surface area contributed by atoms with Crippen LogP contribution < -0.4 is 5.32 Å². The van der Waals surface area contributed by atoms with Gasteiger partial charge in [-0.2, -0.15) is 0 Å². The van der Waals surface area contributed by atoms with E-state index in [0.717, 1.165) is 11.1 Å². The van der Waals surface area contributed by atoms with Crippen molar-refractivity contribution in [1.82, 2.24) is 10.2 Å². The predicted molar refractivity (Wildman–Crippen MR) is 127 cm³/mol. The standard InChI is InChI=1S/C24H31ClN2O2S/c1-5-21(23(29)26-24(2,3)4)27(15-18-11-7-6-8-12-18)22(28)17-30-16-19-13-9-10-14-20(19)25/h6-14,21H,5,15-17H2,1-4H3,(H,26,29)/t21-/m0/s1. The third-order valence-electron chi connectivity index (χ3n) is 4.52. The Morgan fingerprint density at radius 3 is 2.30 bits per heavy atom. The van der Waals surface area contributed by atoms with Gasteiger partial charge in [0, 0.05) is 22.9 Å². The first-order chi connectivity index (χ1) is 14.2. The van der Waals surface area contributed by atoms with Gasteiger partial charge in [-0.25, -0.2) is 0 Å². The lowest BCUT2D eigenvalue weighted by Crippen LogP contribution is -2.53. The fourth-order valence-corrected chi connectivity index (χ4v) is 4.30. The molecule has 0 aromatic heterocycles. The van der Waals surface area contributed by atoms with Crippen molar-refractivity contribution >= 4 is 35.2 Å². The maximum Gasteiger partial charge on any atom is 0.243 e. The molecule has 2 aromatic carbocycles. The van der Waals surface area contributed by atoms with E-state index in [9.17, 15) is 9.59 Å². The van der Waals surface area contributed by atoms with Crippen molar-refractivity contribution < 1.29 is 9.59 Å². The maximum absolute atomic E-state index is 13.2. The van der Waals surface area contributed by atoms with Crippen molar-refractivity contribution in [1.29, 1.82) is 0 Å². The van der Waals surface area contributed by atoms with Crippen LogP contribution in [0.4, 0.5) is 0 Å². The Morgan fingerprint density at radius 2 is 1.70 bits per heavy atom. The number of hydrogen-bond donors (Lipinski definition) is 1. The van der Waals surface area contributed by atoms with Crippen LogP contribution in [0.5, 0.6) is 0 Å². The molecule has 0 heterocycles. The van der Waals surface area contributed by atoms with Crippen molar-refractivity contribution in [2.45, 2.75) is 58.0 Å². The zero-order valence-electron chi connectivity index (χ0n) is 18.2. The highest BCUT2D eigenvalue weighted by atomic mass is 35.5. The van der Waals surface area contributed by atoms with Crippen LogP contribution >= 0.6 is 23.4 Å². The molecular weight excluding hydrogens is 416 g/mol. The first-order valence-corrected chi connectivity index (χ1v) is 11.7. The minimum Gasteiger partial charge on any atom is -0.350 e. The molecule has 0 bridgehead atoms. The van der Waals surface area contributed by atoms with Gasteiger partial charge in [-0.15, -0.1) is 11.8 Å². The summed E-state index contributed by atoms with van der Waals surface area (Å²) < 4.78 is 0. The SMILES string of the molecule is CC[C@@H](C(=O)NC(C)(C)C)N(Cc1ccccc1)C(=O)CSCc1ccccc1Cl. The van der Waals surface area contributed by atoms with Crippen LogP contribution in [0.15, 0.2) is 54.6 Å². The van der Waals surface area contributed by atoms with E-state index in [0.29, 0.717) is 23.7 Å². The summed E-state index contributed by atoms with van der Waals surface area (Å²) in [5.41, 5.74) is 1.65. The Hall–Kier alpha value is -1.98. The lowest BCUT2D eigenvalue weighted by molar-refractivity contribution is -0.140. The van der Waals surface area contributed by atoms with Gasteiger partial charge in [0.25, 0.3) is 0 Å². The summed E-state index contributed by atoms with van der Waals surface area (Å²) in [6.45, 7) is 8.18. The largest absolute Gasteiger partial charge is 0.350 e. The monoisotopic (exact) mass is 446 g/mol. The molecule has 6 heteroatoms. The fraction of sp³-hybridized carbons (Fsp3) is 0.417. The van der Waals surface area contributed by atoms with Crippen LogP contribution in [0.2, 0.25) is 5.02 Å². The van der Waals surface area contributed by atoms with E-state index in [1.54, 1.807) is 4.90 Å². The van der Waals surface area contributed by atoms with Gasteiger partial charge >= 0.3 is 0 Å². The highest BCUT2D eigenvalue weighted by Gasteiger charge is 2.30. The number of amides is 2. The van der Waals surface area contributed by atoms with Crippen molar-refractivity contribution in [3.63, 3.8) is 0 Å². The summed E-state index contributed by atoms with van der Waals surface area (Å²) in [4.78, 5) is 27.8. The number of benzene rings is 2. The molecule has 0 radical (unpaired) electrons. The predicted octanol–water partition coefficient (Wildman–Crippen LogP) is 5.30. The molecule has 2 aromatic rings. The van der Waals surface area contributed by atoms with Gasteiger partial charge in [-0.1, -0.05) is 67.1 Å². The summed E-state index contributed by atoms with van der Waals surface area (Å²) >= 11 is 7.74. The highest BCUT2D eigenvalue weighted by Crippen LogP contribution is 2.22. The Balaban J connectivity index is 2.13. The average Bonchev–Trinajstić information content (AvgIpc) is 2.68. The lowest BCUT2D eigenvalue weighted by Gasteiger charge is -2.33. The lowest BCUT2D eigenvalue weighted by atomic mass is 10.1. The summed E-state index contributed by atoms with van der Waals surface area (Å²) in [7, 11) is 0. The maximum atomic E-state index is 13.2. The Morgan fingerprint density at radius 1 is 1.07 bits per heavy atom. The highest BCUT2D eigenvalue weighted by molar-refractivity contribution is 7.99. The molecule has 0 aliphatic heterocycles. The molecule has 0 fully saturated rings. The average molecular weight is 447 g/mol. The van der Waals surface area contributed by atoms with Crippen LogP contribution in [0.25, 0.3) is 0 Å². The zero-order chi connectivity index (χ0) is 22.1. The number of thioether (sulfide) groups is 1. The number of halogens is 1. The molecule has 0 aliphatic rings. The van der Waals surface area contributed by atoms with E-state index < -0.39 is 6.04 Å². The van der Waals surface area contributed by atoms with Gasteiger partial charge in [0.1, 0.15) is 6.04 Å². The molecule has 2 rings (SSSR count). The summed E-state index contributed by atoms with van der Waals surface area (Å²) in [5.74, 6) is 0.768. The second-order valence-corrected chi connectivity index (χ2v) is 9.65. The molecule has 0 saturated heterocycles. The van der Waals surface area contributed by atoms with E-state index in [1.807, 2.05) is 82.3 Å². The van der Waals surface area contributed by atoms with Gasteiger partial charge in [-0.3, -0.25) is 9.59 Å². The molecule has 2 amide bonds. The minimum atomic E-state index is -0.516. The molecule has 1 atom stereocenters. The van der Waals surface area contributed by atoms with Crippen molar-refractivity contribution in [3.8, 4) is 0 Å². The number of hydrogen-bond acceptors (Lipinski definition) is 3. The Bertz CT molecular complexity index is 837. The van der Waals surface area contributed by atoms with Crippen molar-refractivity contribution in [3.05, 3.63) is 70.7 Å². The minimum absolute atomic E-state index is 0.0492. The molecule has 162 valence electrons. The molecule has 4 nitrogen and oxygen atoms in total. The topological polar surface area (TPSA) is 49.4 Å². The number of rotatable bonds is 9. The van der Waals surface area contributed by atoms with Gasteiger partial charge in [-0.05, 0) is 44.4 Å². The van der Waals surface area contributed by atoms with E-state index in [-0.39, 0.29) is 23.1 Å².